The van der Waals surface area contributed by atoms with Crippen molar-refractivity contribution in [3.8, 4) is 0 Å². The molecule has 1 atom stereocenters. The quantitative estimate of drug-likeness (QED) is 0.781. The second-order valence-electron chi connectivity index (χ2n) is 5.01. The van der Waals surface area contributed by atoms with Gasteiger partial charge in [0, 0.05) is 12.5 Å². The third-order valence-corrected chi connectivity index (χ3v) is 3.97. The smallest absolute Gasteiger partial charge is 0.166 e. The van der Waals surface area contributed by atoms with Crippen LogP contribution in [0.1, 0.15) is 36.1 Å². The first-order chi connectivity index (χ1) is 9.33. The maximum absolute atomic E-state index is 11.1. The van der Waals surface area contributed by atoms with E-state index in [-0.39, 0.29) is 0 Å². The molecule has 100 valence electrons. The van der Waals surface area contributed by atoms with Crippen molar-refractivity contribution in [3.05, 3.63) is 29.7 Å². The maximum atomic E-state index is 11.1. The third kappa shape index (κ3) is 2.14. The zero-order chi connectivity index (χ0) is 13.2. The van der Waals surface area contributed by atoms with Gasteiger partial charge in [-0.1, -0.05) is 13.0 Å². The SMILES string of the molecule is CCN1CCCC1Cc1nnc2cccc(C=O)n12. The Morgan fingerprint density at radius 2 is 2.32 bits per heavy atom. The largest absolute Gasteiger partial charge is 0.300 e. The normalized spacial score (nSPS) is 20.2. The zero-order valence-corrected chi connectivity index (χ0v) is 11.1. The van der Waals surface area contributed by atoms with E-state index < -0.39 is 0 Å². The van der Waals surface area contributed by atoms with Gasteiger partial charge in [0.2, 0.25) is 0 Å². The van der Waals surface area contributed by atoms with Crippen LogP contribution < -0.4 is 0 Å². The Morgan fingerprint density at radius 1 is 1.42 bits per heavy atom. The first kappa shape index (κ1) is 12.3. The Kier molecular flexibility index (Phi) is 3.29. The van der Waals surface area contributed by atoms with E-state index in [1.165, 1.54) is 19.4 Å². The van der Waals surface area contributed by atoms with E-state index in [4.69, 9.17) is 0 Å². The molecule has 3 rings (SSSR count). The number of nitrogens with zero attached hydrogens (tertiary/aromatic N) is 4. The van der Waals surface area contributed by atoms with Crippen molar-refractivity contribution in [3.63, 3.8) is 0 Å². The highest BCUT2D eigenvalue weighted by Crippen LogP contribution is 2.20. The summed E-state index contributed by atoms with van der Waals surface area (Å²) in [6, 6.07) is 6.05. The molecule has 0 aromatic carbocycles. The lowest BCUT2D eigenvalue weighted by molar-refractivity contribution is 0.111. The topological polar surface area (TPSA) is 50.5 Å². The number of rotatable bonds is 4. The van der Waals surface area contributed by atoms with E-state index in [9.17, 15) is 4.79 Å². The van der Waals surface area contributed by atoms with Crippen LogP contribution in [0.25, 0.3) is 5.65 Å². The first-order valence-electron chi connectivity index (χ1n) is 6.85. The highest BCUT2D eigenvalue weighted by Gasteiger charge is 2.25. The summed E-state index contributed by atoms with van der Waals surface area (Å²) in [6.07, 6.45) is 4.17. The van der Waals surface area contributed by atoms with Crippen molar-refractivity contribution in [2.75, 3.05) is 13.1 Å². The number of likely N-dealkylation sites (tertiary alicyclic amines) is 1. The molecule has 0 radical (unpaired) electrons. The van der Waals surface area contributed by atoms with Crippen LogP contribution in [0, 0.1) is 0 Å². The molecule has 19 heavy (non-hydrogen) atoms. The number of likely N-dealkylation sites (N-methyl/N-ethyl adjacent to an activating group) is 1. The average molecular weight is 258 g/mol. The minimum absolute atomic E-state index is 0.525. The summed E-state index contributed by atoms with van der Waals surface area (Å²) in [5.74, 6) is 0.892. The second kappa shape index (κ2) is 5.09. The molecule has 0 amide bonds. The molecule has 1 aliphatic heterocycles. The van der Waals surface area contributed by atoms with Crippen LogP contribution in [-0.4, -0.2) is 44.9 Å². The number of carbonyl (C=O) groups excluding carboxylic acids is 1. The summed E-state index contributed by atoms with van der Waals surface area (Å²) in [4.78, 5) is 13.6. The van der Waals surface area contributed by atoms with Gasteiger partial charge in [-0.3, -0.25) is 9.20 Å². The first-order valence-corrected chi connectivity index (χ1v) is 6.85. The molecule has 0 saturated carbocycles. The van der Waals surface area contributed by atoms with Crippen LogP contribution >= 0.6 is 0 Å². The van der Waals surface area contributed by atoms with Crippen LogP contribution in [0.5, 0.6) is 0 Å². The molecule has 0 bridgehead atoms. The molecule has 3 heterocycles. The summed E-state index contributed by atoms with van der Waals surface area (Å²) in [5.41, 5.74) is 1.37. The summed E-state index contributed by atoms with van der Waals surface area (Å²) in [6.45, 7) is 4.43. The van der Waals surface area contributed by atoms with Gasteiger partial charge in [0.25, 0.3) is 0 Å². The molecule has 2 aromatic rings. The molecule has 2 aromatic heterocycles. The van der Waals surface area contributed by atoms with Gasteiger partial charge in [-0.05, 0) is 38.1 Å². The van der Waals surface area contributed by atoms with Crippen LogP contribution in [0.15, 0.2) is 18.2 Å². The highest BCUT2D eigenvalue weighted by atomic mass is 16.1. The summed E-state index contributed by atoms with van der Waals surface area (Å²) < 4.78 is 1.87. The lowest BCUT2D eigenvalue weighted by Crippen LogP contribution is -2.31. The van der Waals surface area contributed by atoms with E-state index in [0.29, 0.717) is 11.7 Å². The van der Waals surface area contributed by atoms with Crippen LogP contribution in [0.4, 0.5) is 0 Å². The Labute approximate surface area is 112 Å². The Morgan fingerprint density at radius 3 is 3.11 bits per heavy atom. The van der Waals surface area contributed by atoms with Crippen LogP contribution in [0.3, 0.4) is 0 Å². The third-order valence-electron chi connectivity index (χ3n) is 3.97. The molecule has 1 fully saturated rings. The van der Waals surface area contributed by atoms with E-state index in [0.717, 1.165) is 30.7 Å². The molecule has 5 heteroatoms. The van der Waals surface area contributed by atoms with Gasteiger partial charge in [0.05, 0.1) is 5.69 Å². The van der Waals surface area contributed by atoms with Gasteiger partial charge >= 0.3 is 0 Å². The van der Waals surface area contributed by atoms with Crippen molar-refractivity contribution >= 4 is 11.9 Å². The van der Waals surface area contributed by atoms with Crippen molar-refractivity contribution in [1.29, 1.82) is 0 Å². The van der Waals surface area contributed by atoms with Gasteiger partial charge in [-0.2, -0.15) is 0 Å². The van der Waals surface area contributed by atoms with Gasteiger partial charge in [-0.25, -0.2) is 0 Å². The number of hydrogen-bond donors (Lipinski definition) is 0. The predicted molar refractivity (Wildman–Crippen MR) is 72.3 cm³/mol. The minimum atomic E-state index is 0.525. The van der Waals surface area contributed by atoms with Gasteiger partial charge in [-0.15, -0.1) is 10.2 Å². The number of fused-ring (bicyclic) bond motifs is 1. The summed E-state index contributed by atoms with van der Waals surface area (Å²) in [7, 11) is 0. The molecule has 1 saturated heterocycles. The molecular formula is C14H18N4O. The van der Waals surface area contributed by atoms with Crippen LogP contribution in [-0.2, 0) is 6.42 Å². The second-order valence-corrected chi connectivity index (χ2v) is 5.01. The van der Waals surface area contributed by atoms with E-state index >= 15 is 0 Å². The highest BCUT2D eigenvalue weighted by molar-refractivity contribution is 5.73. The fourth-order valence-electron chi connectivity index (χ4n) is 3.00. The molecule has 5 nitrogen and oxygen atoms in total. The molecule has 0 aliphatic carbocycles. The lowest BCUT2D eigenvalue weighted by Gasteiger charge is -2.21. The Hall–Kier alpha value is -1.75. The van der Waals surface area contributed by atoms with E-state index in [1.54, 1.807) is 6.07 Å². The maximum Gasteiger partial charge on any atom is 0.166 e. The zero-order valence-electron chi connectivity index (χ0n) is 11.1. The lowest BCUT2D eigenvalue weighted by atomic mass is 10.1. The number of aldehydes is 1. The molecular weight excluding hydrogens is 240 g/mol. The molecule has 1 aliphatic rings. The van der Waals surface area contributed by atoms with Gasteiger partial charge in [0.15, 0.2) is 11.9 Å². The number of hydrogen-bond acceptors (Lipinski definition) is 4. The van der Waals surface area contributed by atoms with Crippen molar-refractivity contribution in [2.24, 2.45) is 0 Å². The van der Waals surface area contributed by atoms with Gasteiger partial charge < -0.3 is 4.90 Å². The van der Waals surface area contributed by atoms with Crippen LogP contribution in [0.2, 0.25) is 0 Å². The standard InChI is InChI=1S/C14H18N4O/c1-2-17-8-4-6-11(17)9-14-16-15-13-7-3-5-12(10-19)18(13)14/h3,5,7,10-11H,2,4,6,8-9H2,1H3. The average Bonchev–Trinajstić information content (AvgIpc) is 3.06. The fraction of sp³-hybridized carbons (Fsp3) is 0.500. The monoisotopic (exact) mass is 258 g/mol. The van der Waals surface area contributed by atoms with Crippen molar-refractivity contribution < 1.29 is 4.79 Å². The van der Waals surface area contributed by atoms with Gasteiger partial charge in [0.1, 0.15) is 5.82 Å². The van der Waals surface area contributed by atoms with Crippen molar-refractivity contribution in [2.45, 2.75) is 32.2 Å². The van der Waals surface area contributed by atoms with E-state index in [1.807, 2.05) is 16.5 Å². The summed E-state index contributed by atoms with van der Waals surface area (Å²) >= 11 is 0. The predicted octanol–water partition coefficient (Wildman–Crippen LogP) is 1.57. The number of aromatic nitrogens is 3. The number of pyridine rings is 1. The minimum Gasteiger partial charge on any atom is -0.300 e. The molecule has 0 spiro atoms. The molecule has 1 unspecified atom stereocenters. The fourth-order valence-corrected chi connectivity index (χ4v) is 3.00. The van der Waals surface area contributed by atoms with E-state index in [2.05, 4.69) is 22.0 Å². The Bertz CT molecular complexity index is 592. The number of carbonyl (C=O) groups is 1. The summed E-state index contributed by atoms with van der Waals surface area (Å²) in [5, 5.41) is 8.42. The Balaban J connectivity index is 1.95. The molecule has 0 N–H and O–H groups in total. The van der Waals surface area contributed by atoms with Crippen molar-refractivity contribution in [1.82, 2.24) is 19.5 Å².